The Balaban J connectivity index is 2.05. The van der Waals surface area contributed by atoms with E-state index in [1.165, 1.54) is 5.56 Å². The summed E-state index contributed by atoms with van der Waals surface area (Å²) in [6.07, 6.45) is 2.94. The van der Waals surface area contributed by atoms with E-state index < -0.39 is 0 Å². The lowest BCUT2D eigenvalue weighted by Gasteiger charge is -2.40. The molecule has 3 aromatic rings. The summed E-state index contributed by atoms with van der Waals surface area (Å²) >= 11 is 0. The second kappa shape index (κ2) is 6.62. The molecule has 0 bridgehead atoms. The number of nitrogens with one attached hydrogen (secondary N) is 2. The van der Waals surface area contributed by atoms with Crippen LogP contribution in [0.2, 0.25) is 0 Å². The smallest absolute Gasteiger partial charge is 0.281 e. The lowest BCUT2D eigenvalue weighted by atomic mass is 9.79. The van der Waals surface area contributed by atoms with Gasteiger partial charge in [-0.3, -0.25) is 9.89 Å². The summed E-state index contributed by atoms with van der Waals surface area (Å²) in [6, 6.07) is 18.0. The molecule has 4 nitrogen and oxygen atoms in total. The van der Waals surface area contributed by atoms with Crippen molar-refractivity contribution in [3.05, 3.63) is 86.6 Å². The maximum Gasteiger partial charge on any atom is 0.281 e. The van der Waals surface area contributed by atoms with E-state index in [9.17, 15) is 4.79 Å². The molecular formula is C23H25N3O. The Kier molecular flexibility index (Phi) is 4.27. The first-order chi connectivity index (χ1) is 13.1. The Morgan fingerprint density at radius 2 is 1.70 bits per heavy atom. The zero-order valence-electron chi connectivity index (χ0n) is 15.9. The van der Waals surface area contributed by atoms with Crippen molar-refractivity contribution in [2.45, 2.75) is 38.6 Å². The number of nitrogens with zero attached hydrogens (tertiary/aromatic N) is 1. The summed E-state index contributed by atoms with van der Waals surface area (Å²) in [7, 11) is 0. The van der Waals surface area contributed by atoms with Crippen molar-refractivity contribution in [2.24, 2.45) is 0 Å². The highest BCUT2D eigenvalue weighted by Gasteiger charge is 2.33. The molecule has 0 radical (unpaired) electrons. The molecule has 27 heavy (non-hydrogen) atoms. The molecule has 0 saturated heterocycles. The average molecular weight is 359 g/mol. The predicted molar refractivity (Wildman–Crippen MR) is 110 cm³/mol. The zero-order chi connectivity index (χ0) is 19.0. The summed E-state index contributed by atoms with van der Waals surface area (Å²) in [5.41, 5.74) is 3.95. The topological polar surface area (TPSA) is 49.8 Å². The van der Waals surface area contributed by atoms with Gasteiger partial charge in [0.25, 0.3) is 5.56 Å². The third kappa shape index (κ3) is 2.81. The van der Waals surface area contributed by atoms with Crippen LogP contribution in [0.1, 0.15) is 37.8 Å². The highest BCUT2D eigenvalue weighted by atomic mass is 16.1. The molecule has 4 heteroatoms. The first kappa shape index (κ1) is 17.4. The molecule has 2 aromatic carbocycles. The van der Waals surface area contributed by atoms with E-state index in [1.54, 1.807) is 4.68 Å². The molecule has 0 amide bonds. The second-order valence-electron chi connectivity index (χ2n) is 7.26. The lowest BCUT2D eigenvalue weighted by Crippen LogP contribution is -2.53. The fraction of sp³-hybridized carbons (Fsp3) is 0.261. The molecule has 1 aliphatic rings. The van der Waals surface area contributed by atoms with Gasteiger partial charge in [0.05, 0.1) is 22.0 Å². The predicted octanol–water partition coefficient (Wildman–Crippen LogP) is 2.44. The van der Waals surface area contributed by atoms with Gasteiger partial charge in [-0.05, 0) is 37.0 Å². The van der Waals surface area contributed by atoms with Crippen LogP contribution in [0.4, 0.5) is 0 Å². The van der Waals surface area contributed by atoms with Gasteiger partial charge in [0.1, 0.15) is 0 Å². The minimum absolute atomic E-state index is 0.0442. The lowest BCUT2D eigenvalue weighted by molar-refractivity contribution is 0.333. The molecule has 0 atom stereocenters. The molecule has 0 saturated carbocycles. The Morgan fingerprint density at radius 3 is 2.41 bits per heavy atom. The molecule has 2 N–H and O–H groups in total. The molecule has 1 aliphatic heterocycles. The standard InChI is InChI=1S/C23H25N3O/c1-4-23(5-2)15-17-11-9-10-14-19(17)21(24-23)20-16(3)25-26(22(20)27)18-12-7-6-8-13-18/h6-14,24-25H,3-5,15H2,1-2H3. The van der Waals surface area contributed by atoms with E-state index in [0.29, 0.717) is 10.6 Å². The van der Waals surface area contributed by atoms with Crippen LogP contribution in [-0.4, -0.2) is 15.3 Å². The van der Waals surface area contributed by atoms with Gasteiger partial charge in [-0.25, -0.2) is 4.68 Å². The molecule has 0 fully saturated rings. The minimum atomic E-state index is -0.0773. The van der Waals surface area contributed by atoms with E-state index >= 15 is 0 Å². The van der Waals surface area contributed by atoms with E-state index in [1.807, 2.05) is 36.4 Å². The van der Waals surface area contributed by atoms with Gasteiger partial charge in [-0.1, -0.05) is 62.9 Å². The van der Waals surface area contributed by atoms with Crippen LogP contribution < -0.4 is 21.4 Å². The Bertz CT molecular complexity index is 1130. The molecule has 0 aliphatic carbocycles. The summed E-state index contributed by atoms with van der Waals surface area (Å²) < 4.78 is 1.57. The van der Waals surface area contributed by atoms with Gasteiger partial charge in [0.15, 0.2) is 0 Å². The third-order valence-corrected chi connectivity index (χ3v) is 5.79. The van der Waals surface area contributed by atoms with Crippen molar-refractivity contribution >= 4 is 12.3 Å². The molecule has 0 spiro atoms. The quantitative estimate of drug-likeness (QED) is 0.755. The highest BCUT2D eigenvalue weighted by Crippen LogP contribution is 2.32. The van der Waals surface area contributed by atoms with Crippen molar-refractivity contribution in [3.63, 3.8) is 0 Å². The van der Waals surface area contributed by atoms with Gasteiger partial charge >= 0.3 is 0 Å². The number of aromatic nitrogens is 2. The number of para-hydroxylation sites is 1. The second-order valence-corrected chi connectivity index (χ2v) is 7.26. The molecule has 1 aromatic heterocycles. The third-order valence-electron chi connectivity index (χ3n) is 5.79. The number of hydrogen-bond donors (Lipinski definition) is 2. The van der Waals surface area contributed by atoms with Crippen molar-refractivity contribution in [3.8, 4) is 5.69 Å². The van der Waals surface area contributed by atoms with Crippen LogP contribution >= 0.6 is 0 Å². The molecule has 138 valence electrons. The van der Waals surface area contributed by atoms with Crippen LogP contribution in [0, 0.1) is 0 Å². The average Bonchev–Trinajstić information content (AvgIpc) is 3.01. The van der Waals surface area contributed by atoms with E-state index in [0.717, 1.165) is 36.2 Å². The highest BCUT2D eigenvalue weighted by molar-refractivity contribution is 5.69. The molecule has 0 unspecified atom stereocenters. The number of hydrogen-bond acceptors (Lipinski definition) is 2. The fourth-order valence-electron chi connectivity index (χ4n) is 4.03. The Hall–Kier alpha value is -3.01. The summed E-state index contributed by atoms with van der Waals surface area (Å²) in [6.45, 7) is 8.54. The van der Waals surface area contributed by atoms with Gasteiger partial charge in [-0.15, -0.1) is 0 Å². The van der Waals surface area contributed by atoms with E-state index in [2.05, 4.69) is 49.0 Å². The Morgan fingerprint density at radius 1 is 1.04 bits per heavy atom. The van der Waals surface area contributed by atoms with Crippen LogP contribution in [-0.2, 0) is 6.42 Å². The number of aromatic amines is 1. The van der Waals surface area contributed by atoms with Crippen molar-refractivity contribution in [2.75, 3.05) is 0 Å². The first-order valence-corrected chi connectivity index (χ1v) is 9.54. The summed E-state index contributed by atoms with van der Waals surface area (Å²) in [4.78, 5) is 13.3. The molecular weight excluding hydrogens is 334 g/mol. The van der Waals surface area contributed by atoms with E-state index in [4.69, 9.17) is 0 Å². The molecule has 4 rings (SSSR count). The number of fused-ring (bicyclic) bond motifs is 1. The Labute approximate surface area is 158 Å². The van der Waals surface area contributed by atoms with Crippen LogP contribution in [0.3, 0.4) is 0 Å². The summed E-state index contributed by atoms with van der Waals surface area (Å²) in [5.74, 6) is 0. The van der Waals surface area contributed by atoms with Gasteiger partial charge in [0.2, 0.25) is 0 Å². The van der Waals surface area contributed by atoms with Crippen LogP contribution in [0.15, 0.2) is 59.4 Å². The van der Waals surface area contributed by atoms with Crippen LogP contribution in [0.5, 0.6) is 0 Å². The van der Waals surface area contributed by atoms with Gasteiger partial charge in [-0.2, -0.15) is 0 Å². The van der Waals surface area contributed by atoms with Crippen molar-refractivity contribution < 1.29 is 0 Å². The largest absolute Gasteiger partial charge is 0.378 e. The van der Waals surface area contributed by atoms with Gasteiger partial charge < -0.3 is 5.32 Å². The molecule has 2 heterocycles. The minimum Gasteiger partial charge on any atom is -0.378 e. The van der Waals surface area contributed by atoms with Crippen molar-refractivity contribution in [1.82, 2.24) is 15.1 Å². The van der Waals surface area contributed by atoms with Crippen LogP contribution in [0.25, 0.3) is 18.0 Å². The monoisotopic (exact) mass is 359 g/mol. The first-order valence-electron chi connectivity index (χ1n) is 9.54. The summed E-state index contributed by atoms with van der Waals surface area (Å²) in [5, 5.41) is 8.13. The normalized spacial score (nSPS) is 17.3. The number of benzene rings is 2. The number of rotatable bonds is 3. The SMILES string of the molecule is C=c1[nH]n(-c2ccccc2)c(=O)c1=C1NC(CC)(CC)Cc2ccccc21. The van der Waals surface area contributed by atoms with Gasteiger partial charge in [0, 0.05) is 11.1 Å². The fourth-order valence-corrected chi connectivity index (χ4v) is 4.03. The van der Waals surface area contributed by atoms with E-state index in [-0.39, 0.29) is 11.1 Å². The van der Waals surface area contributed by atoms with Crippen molar-refractivity contribution in [1.29, 1.82) is 0 Å². The maximum absolute atomic E-state index is 13.3. The zero-order valence-corrected chi connectivity index (χ0v) is 15.9. The number of H-pyrrole nitrogens is 1. The maximum atomic E-state index is 13.3.